The van der Waals surface area contributed by atoms with Gasteiger partial charge in [0, 0.05) is 18.0 Å². The molecule has 3 rings (SSSR count). The van der Waals surface area contributed by atoms with Crippen LogP contribution >= 0.6 is 0 Å². The van der Waals surface area contributed by atoms with Gasteiger partial charge in [0.2, 0.25) is 5.91 Å². The van der Waals surface area contributed by atoms with Gasteiger partial charge in [-0.15, -0.1) is 0 Å². The van der Waals surface area contributed by atoms with E-state index < -0.39 is 5.91 Å². The quantitative estimate of drug-likeness (QED) is 0.680. The molecule has 0 aliphatic rings. The van der Waals surface area contributed by atoms with Gasteiger partial charge in [0.1, 0.15) is 0 Å². The van der Waals surface area contributed by atoms with E-state index in [9.17, 15) is 4.79 Å². The number of nitrogens with one attached hydrogen (secondary N) is 2. The van der Waals surface area contributed by atoms with Crippen LogP contribution in [0.15, 0.2) is 42.5 Å². The van der Waals surface area contributed by atoms with Crippen molar-refractivity contribution in [2.24, 2.45) is 5.73 Å². The van der Waals surface area contributed by atoms with E-state index in [1.54, 1.807) is 12.1 Å². The summed E-state index contributed by atoms with van der Waals surface area (Å²) in [5, 5.41) is 11.2. The summed E-state index contributed by atoms with van der Waals surface area (Å²) in [5.74, 6) is 0.375. The number of nitrogens with two attached hydrogens (primary N) is 1. The molecule has 0 saturated heterocycles. The molecular formula is C15H14N4O. The summed E-state index contributed by atoms with van der Waals surface area (Å²) in [4.78, 5) is 11.3. The van der Waals surface area contributed by atoms with E-state index in [1.807, 2.05) is 37.4 Å². The molecule has 0 atom stereocenters. The zero-order valence-corrected chi connectivity index (χ0v) is 11.0. The van der Waals surface area contributed by atoms with Crippen LogP contribution in [0.3, 0.4) is 0 Å². The highest BCUT2D eigenvalue weighted by atomic mass is 16.1. The molecule has 0 radical (unpaired) electrons. The number of primary amides is 1. The number of H-pyrrole nitrogens is 1. The van der Waals surface area contributed by atoms with Crippen LogP contribution in [0.5, 0.6) is 0 Å². The Morgan fingerprint density at radius 1 is 1.20 bits per heavy atom. The summed E-state index contributed by atoms with van der Waals surface area (Å²) in [6.45, 7) is 0. The lowest BCUT2D eigenvalue weighted by molar-refractivity contribution is 0.100. The maximum atomic E-state index is 11.3. The Balaban J connectivity index is 2.14. The minimum absolute atomic E-state index is 0.424. The van der Waals surface area contributed by atoms with Gasteiger partial charge in [-0.2, -0.15) is 5.10 Å². The smallest absolute Gasteiger partial charge is 0.248 e. The predicted molar refractivity (Wildman–Crippen MR) is 79.6 cm³/mol. The molecule has 0 aliphatic carbocycles. The number of hydrogen-bond acceptors (Lipinski definition) is 3. The number of fused-ring (bicyclic) bond motifs is 1. The van der Waals surface area contributed by atoms with Crippen LogP contribution in [-0.2, 0) is 0 Å². The standard InChI is InChI=1S/C15H14N4O/c1-17-15-12-8-10(5-6-13(12)18-19-15)9-3-2-4-11(7-9)14(16)20/h2-8H,1H3,(H2,16,20)(H2,17,18,19). The van der Waals surface area contributed by atoms with Gasteiger partial charge in [0.25, 0.3) is 0 Å². The molecule has 0 fully saturated rings. The third-order valence-corrected chi connectivity index (χ3v) is 3.28. The van der Waals surface area contributed by atoms with Gasteiger partial charge < -0.3 is 11.1 Å². The zero-order chi connectivity index (χ0) is 14.1. The lowest BCUT2D eigenvalue weighted by Gasteiger charge is -2.04. The van der Waals surface area contributed by atoms with Gasteiger partial charge in [-0.1, -0.05) is 18.2 Å². The molecule has 5 heteroatoms. The fourth-order valence-electron chi connectivity index (χ4n) is 2.24. The summed E-state index contributed by atoms with van der Waals surface area (Å²) >= 11 is 0. The topological polar surface area (TPSA) is 83.8 Å². The first-order chi connectivity index (χ1) is 9.69. The van der Waals surface area contributed by atoms with Gasteiger partial charge >= 0.3 is 0 Å². The Morgan fingerprint density at radius 3 is 2.75 bits per heavy atom. The van der Waals surface area contributed by atoms with Gasteiger partial charge in [0.05, 0.1) is 5.52 Å². The molecule has 1 aromatic heterocycles. The fourth-order valence-corrected chi connectivity index (χ4v) is 2.24. The minimum Gasteiger partial charge on any atom is -0.371 e. The average molecular weight is 266 g/mol. The molecule has 100 valence electrons. The van der Waals surface area contributed by atoms with Crippen LogP contribution in [0.4, 0.5) is 5.82 Å². The molecule has 2 aromatic carbocycles. The first kappa shape index (κ1) is 12.2. The van der Waals surface area contributed by atoms with E-state index in [1.165, 1.54) is 0 Å². The summed E-state index contributed by atoms with van der Waals surface area (Å²) < 4.78 is 0. The van der Waals surface area contributed by atoms with Crippen molar-refractivity contribution in [1.82, 2.24) is 10.2 Å². The molecule has 1 heterocycles. The van der Waals surface area contributed by atoms with Crippen molar-refractivity contribution in [3.8, 4) is 11.1 Å². The van der Waals surface area contributed by atoms with Crippen molar-refractivity contribution in [2.45, 2.75) is 0 Å². The number of aromatic amines is 1. The normalized spacial score (nSPS) is 10.7. The van der Waals surface area contributed by atoms with E-state index in [0.717, 1.165) is 27.8 Å². The van der Waals surface area contributed by atoms with Gasteiger partial charge in [-0.3, -0.25) is 9.89 Å². The Bertz CT molecular complexity index is 791. The van der Waals surface area contributed by atoms with Crippen molar-refractivity contribution >= 4 is 22.6 Å². The molecule has 0 spiro atoms. The summed E-state index contributed by atoms with van der Waals surface area (Å²) in [6.07, 6.45) is 0. The van der Waals surface area contributed by atoms with Crippen LogP contribution in [-0.4, -0.2) is 23.2 Å². The van der Waals surface area contributed by atoms with Crippen molar-refractivity contribution in [3.63, 3.8) is 0 Å². The van der Waals surface area contributed by atoms with Crippen molar-refractivity contribution in [3.05, 3.63) is 48.0 Å². The molecule has 0 saturated carbocycles. The van der Waals surface area contributed by atoms with E-state index >= 15 is 0 Å². The Hall–Kier alpha value is -2.82. The predicted octanol–water partition coefficient (Wildman–Crippen LogP) is 2.37. The molecule has 0 bridgehead atoms. The highest BCUT2D eigenvalue weighted by Crippen LogP contribution is 2.27. The number of anilines is 1. The molecule has 4 N–H and O–H groups in total. The third kappa shape index (κ3) is 1.99. The molecule has 0 unspecified atom stereocenters. The minimum atomic E-state index is -0.424. The average Bonchev–Trinajstić information content (AvgIpc) is 2.89. The van der Waals surface area contributed by atoms with E-state index in [0.29, 0.717) is 5.56 Å². The van der Waals surface area contributed by atoms with Gasteiger partial charge in [0.15, 0.2) is 5.82 Å². The highest BCUT2D eigenvalue weighted by Gasteiger charge is 2.07. The molecule has 20 heavy (non-hydrogen) atoms. The maximum absolute atomic E-state index is 11.3. The molecule has 1 amide bonds. The van der Waals surface area contributed by atoms with Crippen LogP contribution < -0.4 is 11.1 Å². The molecule has 5 nitrogen and oxygen atoms in total. The molecular weight excluding hydrogens is 252 g/mol. The lowest BCUT2D eigenvalue weighted by atomic mass is 10.0. The summed E-state index contributed by atoms with van der Waals surface area (Å²) in [5.41, 5.74) is 8.74. The first-order valence-electron chi connectivity index (χ1n) is 6.25. The SMILES string of the molecule is CNc1n[nH]c2ccc(-c3cccc(C(N)=O)c3)cc12. The van der Waals surface area contributed by atoms with E-state index in [-0.39, 0.29) is 0 Å². The number of benzene rings is 2. The van der Waals surface area contributed by atoms with Gasteiger partial charge in [-0.05, 0) is 35.4 Å². The fraction of sp³-hybridized carbons (Fsp3) is 0.0667. The summed E-state index contributed by atoms with van der Waals surface area (Å²) in [7, 11) is 1.83. The van der Waals surface area contributed by atoms with Crippen LogP contribution in [0.2, 0.25) is 0 Å². The lowest BCUT2D eigenvalue weighted by Crippen LogP contribution is -2.10. The molecule has 3 aromatic rings. The second-order valence-electron chi connectivity index (χ2n) is 4.53. The number of carbonyl (C=O) groups excluding carboxylic acids is 1. The molecule has 0 aliphatic heterocycles. The van der Waals surface area contributed by atoms with Crippen LogP contribution in [0.25, 0.3) is 22.0 Å². The second-order valence-corrected chi connectivity index (χ2v) is 4.53. The number of hydrogen-bond donors (Lipinski definition) is 3. The zero-order valence-electron chi connectivity index (χ0n) is 11.0. The largest absolute Gasteiger partial charge is 0.371 e. The van der Waals surface area contributed by atoms with Crippen molar-refractivity contribution < 1.29 is 4.79 Å². The third-order valence-electron chi connectivity index (χ3n) is 3.28. The monoisotopic (exact) mass is 266 g/mol. The number of nitrogens with zero attached hydrogens (tertiary/aromatic N) is 1. The van der Waals surface area contributed by atoms with Crippen molar-refractivity contribution in [1.29, 1.82) is 0 Å². The number of rotatable bonds is 3. The Labute approximate surface area is 115 Å². The van der Waals surface area contributed by atoms with Gasteiger partial charge in [-0.25, -0.2) is 0 Å². The number of amides is 1. The number of carbonyl (C=O) groups is 1. The van der Waals surface area contributed by atoms with Crippen LogP contribution in [0, 0.1) is 0 Å². The first-order valence-corrected chi connectivity index (χ1v) is 6.25. The summed E-state index contributed by atoms with van der Waals surface area (Å²) in [6, 6.07) is 13.3. The number of aromatic nitrogens is 2. The maximum Gasteiger partial charge on any atom is 0.248 e. The highest BCUT2D eigenvalue weighted by molar-refractivity contribution is 5.96. The van der Waals surface area contributed by atoms with Crippen molar-refractivity contribution in [2.75, 3.05) is 12.4 Å². The second kappa shape index (κ2) is 4.70. The van der Waals surface area contributed by atoms with E-state index in [4.69, 9.17) is 5.73 Å². The van der Waals surface area contributed by atoms with Crippen LogP contribution in [0.1, 0.15) is 10.4 Å². The van der Waals surface area contributed by atoms with E-state index in [2.05, 4.69) is 15.5 Å². The Kier molecular flexibility index (Phi) is 2.87. The Morgan fingerprint density at radius 2 is 2.00 bits per heavy atom.